The topological polar surface area (TPSA) is 41.6 Å². The lowest BCUT2D eigenvalue weighted by molar-refractivity contribution is -0.0591. The van der Waals surface area contributed by atoms with Gasteiger partial charge in [0.2, 0.25) is 0 Å². The fourth-order valence-electron chi connectivity index (χ4n) is 9.36. The number of amides is 1. The number of halogens is 1. The third-order valence-corrected chi connectivity index (χ3v) is 11.5. The van der Waals surface area contributed by atoms with Gasteiger partial charge in [-0.15, -0.1) is 12.4 Å². The van der Waals surface area contributed by atoms with Gasteiger partial charge in [0, 0.05) is 26.6 Å². The molecule has 0 aromatic heterocycles. The van der Waals surface area contributed by atoms with Crippen molar-refractivity contribution in [1.29, 1.82) is 0 Å². The molecule has 0 unspecified atom stereocenters. The third-order valence-electron chi connectivity index (χ3n) is 11.5. The van der Waals surface area contributed by atoms with Gasteiger partial charge in [-0.1, -0.05) is 65.5 Å². The molecule has 4 rings (SSSR count). The predicted molar refractivity (Wildman–Crippen MR) is 157 cm³/mol. The van der Waals surface area contributed by atoms with Crippen LogP contribution in [0.25, 0.3) is 0 Å². The summed E-state index contributed by atoms with van der Waals surface area (Å²) in [7, 11) is 3.76. The van der Waals surface area contributed by atoms with Crippen LogP contribution >= 0.6 is 12.4 Å². The maximum absolute atomic E-state index is 12.6. The minimum absolute atomic E-state index is 0. The molecule has 3 fully saturated rings. The van der Waals surface area contributed by atoms with E-state index in [4.69, 9.17) is 4.74 Å². The van der Waals surface area contributed by atoms with Crippen LogP contribution in [0.4, 0.5) is 4.79 Å². The molecule has 0 radical (unpaired) electrons. The molecule has 5 heteroatoms. The standard InChI is InChI=1S/C32H56N2O2.ClH/c1-22(2)9-8-10-23(3)27-13-14-28-26-12-11-24-21-25(36-30(35)34(7)20-19-33-6)15-17-31(24,4)29(26)16-18-32(27,28)5;/h11,22-23,25-29,33H,8-10,12-21H2,1-7H3;1H/t23-,25+,26+,27-,28+,29+,31+,32-;/m1./s1. The van der Waals surface area contributed by atoms with Crippen LogP contribution in [-0.2, 0) is 4.74 Å². The van der Waals surface area contributed by atoms with E-state index in [2.05, 4.69) is 46.0 Å². The number of rotatable bonds is 9. The van der Waals surface area contributed by atoms with Crippen molar-refractivity contribution in [3.63, 3.8) is 0 Å². The molecule has 0 aromatic carbocycles. The van der Waals surface area contributed by atoms with Crippen molar-refractivity contribution < 1.29 is 9.53 Å². The highest BCUT2D eigenvalue weighted by Crippen LogP contribution is 2.67. The lowest BCUT2D eigenvalue weighted by Crippen LogP contribution is -2.51. The first-order valence-corrected chi connectivity index (χ1v) is 15.4. The molecular formula is C32H57ClN2O2. The van der Waals surface area contributed by atoms with Gasteiger partial charge < -0.3 is 15.0 Å². The smallest absolute Gasteiger partial charge is 0.409 e. The van der Waals surface area contributed by atoms with Crippen LogP contribution in [0.2, 0.25) is 0 Å². The molecule has 4 aliphatic carbocycles. The van der Waals surface area contributed by atoms with E-state index in [-0.39, 0.29) is 24.6 Å². The monoisotopic (exact) mass is 536 g/mol. The lowest BCUT2D eigenvalue weighted by atomic mass is 9.47. The van der Waals surface area contributed by atoms with Crippen LogP contribution in [0.3, 0.4) is 0 Å². The van der Waals surface area contributed by atoms with Crippen LogP contribution in [0, 0.1) is 46.3 Å². The number of carbonyl (C=O) groups excluding carboxylic acids is 1. The zero-order valence-electron chi connectivity index (χ0n) is 25.0. The first-order valence-electron chi connectivity index (χ1n) is 15.4. The van der Waals surface area contributed by atoms with Crippen molar-refractivity contribution in [1.82, 2.24) is 10.2 Å². The second kappa shape index (κ2) is 12.6. The van der Waals surface area contributed by atoms with Gasteiger partial charge >= 0.3 is 6.09 Å². The van der Waals surface area contributed by atoms with E-state index >= 15 is 0 Å². The summed E-state index contributed by atoms with van der Waals surface area (Å²) in [4.78, 5) is 14.3. The Morgan fingerprint density at radius 1 is 1.11 bits per heavy atom. The predicted octanol–water partition coefficient (Wildman–Crippen LogP) is 8.11. The van der Waals surface area contributed by atoms with Gasteiger partial charge in [-0.25, -0.2) is 4.79 Å². The Kier molecular flexibility index (Phi) is 10.5. The average molecular weight is 537 g/mol. The van der Waals surface area contributed by atoms with E-state index in [0.29, 0.717) is 17.4 Å². The molecule has 0 aliphatic heterocycles. The van der Waals surface area contributed by atoms with Gasteiger partial charge in [-0.05, 0) is 98.3 Å². The summed E-state index contributed by atoms with van der Waals surface area (Å²) in [5.74, 6) is 5.21. The molecule has 4 nitrogen and oxygen atoms in total. The van der Waals surface area contributed by atoms with Crippen molar-refractivity contribution in [3.05, 3.63) is 11.6 Å². The Morgan fingerprint density at radius 2 is 1.86 bits per heavy atom. The van der Waals surface area contributed by atoms with E-state index in [1.54, 1.807) is 10.5 Å². The molecule has 0 aromatic rings. The molecule has 0 bridgehead atoms. The number of nitrogens with one attached hydrogen (secondary N) is 1. The highest BCUT2D eigenvalue weighted by molar-refractivity contribution is 5.85. The maximum atomic E-state index is 12.6. The fourth-order valence-corrected chi connectivity index (χ4v) is 9.36. The molecule has 1 N–H and O–H groups in total. The number of hydrogen-bond acceptors (Lipinski definition) is 3. The van der Waals surface area contributed by atoms with Gasteiger partial charge in [0.15, 0.2) is 0 Å². The van der Waals surface area contributed by atoms with Crippen molar-refractivity contribution in [2.24, 2.45) is 46.3 Å². The normalized spacial score (nSPS) is 37.5. The summed E-state index contributed by atoms with van der Waals surface area (Å²) in [5.41, 5.74) is 2.46. The average Bonchev–Trinajstić information content (AvgIpc) is 3.19. The zero-order valence-corrected chi connectivity index (χ0v) is 25.8. The summed E-state index contributed by atoms with van der Waals surface area (Å²) in [6, 6.07) is 0. The first-order chi connectivity index (χ1) is 17.1. The van der Waals surface area contributed by atoms with Gasteiger partial charge in [-0.2, -0.15) is 0 Å². The molecule has 214 valence electrons. The number of carbonyl (C=O) groups is 1. The number of nitrogens with zero attached hydrogens (tertiary/aromatic N) is 1. The Hall–Kier alpha value is -0.740. The first kappa shape index (κ1) is 30.8. The van der Waals surface area contributed by atoms with Crippen LogP contribution in [-0.4, -0.2) is 44.3 Å². The van der Waals surface area contributed by atoms with Crippen molar-refractivity contribution >= 4 is 18.5 Å². The van der Waals surface area contributed by atoms with Gasteiger partial charge in [0.25, 0.3) is 0 Å². The lowest BCUT2D eigenvalue weighted by Gasteiger charge is -2.58. The van der Waals surface area contributed by atoms with E-state index in [1.165, 1.54) is 57.8 Å². The number of allylic oxidation sites excluding steroid dienone is 1. The van der Waals surface area contributed by atoms with E-state index in [0.717, 1.165) is 54.9 Å². The minimum Gasteiger partial charge on any atom is -0.446 e. The summed E-state index contributed by atoms with van der Waals surface area (Å²) >= 11 is 0. The molecule has 0 heterocycles. The Labute approximate surface area is 234 Å². The molecule has 37 heavy (non-hydrogen) atoms. The molecular weight excluding hydrogens is 480 g/mol. The van der Waals surface area contributed by atoms with Crippen LogP contribution < -0.4 is 5.32 Å². The second-order valence-electron chi connectivity index (χ2n) is 14.1. The largest absolute Gasteiger partial charge is 0.446 e. The number of fused-ring (bicyclic) bond motifs is 5. The summed E-state index contributed by atoms with van der Waals surface area (Å²) in [6.07, 6.45) is 16.8. The number of hydrogen-bond donors (Lipinski definition) is 1. The van der Waals surface area contributed by atoms with Gasteiger partial charge in [-0.3, -0.25) is 0 Å². The van der Waals surface area contributed by atoms with Crippen LogP contribution in [0.1, 0.15) is 105 Å². The number of ether oxygens (including phenoxy) is 1. The summed E-state index contributed by atoms with van der Waals surface area (Å²) < 4.78 is 5.97. The molecule has 1 amide bonds. The van der Waals surface area contributed by atoms with Crippen molar-refractivity contribution in [3.8, 4) is 0 Å². The Bertz CT molecular complexity index is 800. The van der Waals surface area contributed by atoms with Crippen LogP contribution in [0.5, 0.6) is 0 Å². The van der Waals surface area contributed by atoms with Crippen molar-refractivity contribution in [2.45, 2.75) is 111 Å². The van der Waals surface area contributed by atoms with Gasteiger partial charge in [0.05, 0.1) is 0 Å². The van der Waals surface area contributed by atoms with E-state index in [1.807, 2.05) is 14.1 Å². The third kappa shape index (κ3) is 6.21. The molecule has 8 atom stereocenters. The maximum Gasteiger partial charge on any atom is 0.409 e. The SMILES string of the molecule is CNCCN(C)C(=O)O[C@H]1CC[C@@]2(C)C(=CC[C@H]3[C@@H]4CC[C@H]([C@H](C)CCCC(C)C)[C@@]4(C)CC[C@@H]32)C1.Cl. The Balaban J connectivity index is 0.00000380. The molecule has 4 aliphatic rings. The minimum atomic E-state index is -0.166. The van der Waals surface area contributed by atoms with Crippen LogP contribution in [0.15, 0.2) is 11.6 Å². The molecule has 0 saturated heterocycles. The quantitative estimate of drug-likeness (QED) is 0.302. The summed E-state index contributed by atoms with van der Waals surface area (Å²) in [6.45, 7) is 14.0. The highest BCUT2D eigenvalue weighted by Gasteiger charge is 2.59. The number of likely N-dealkylation sites (N-methyl/N-ethyl adjacent to an activating group) is 2. The van der Waals surface area contributed by atoms with E-state index in [9.17, 15) is 4.79 Å². The zero-order chi connectivity index (χ0) is 26.1. The molecule has 0 spiro atoms. The fraction of sp³-hybridized carbons (Fsp3) is 0.906. The molecule has 3 saturated carbocycles. The summed E-state index contributed by atoms with van der Waals surface area (Å²) in [5, 5.41) is 3.11. The van der Waals surface area contributed by atoms with Crippen molar-refractivity contribution in [2.75, 3.05) is 27.2 Å². The Morgan fingerprint density at radius 3 is 2.57 bits per heavy atom. The van der Waals surface area contributed by atoms with E-state index < -0.39 is 0 Å². The second-order valence-corrected chi connectivity index (χ2v) is 14.1. The highest BCUT2D eigenvalue weighted by atomic mass is 35.5. The van der Waals surface area contributed by atoms with Gasteiger partial charge in [0.1, 0.15) is 6.10 Å².